The molecule has 0 fully saturated rings. The summed E-state index contributed by atoms with van der Waals surface area (Å²) in [5.41, 5.74) is 3.08. The molecule has 2 aromatic rings. The molecule has 0 unspecified atom stereocenters. The molecular formula is C21H26N2O3. The quantitative estimate of drug-likeness (QED) is 0.918. The summed E-state index contributed by atoms with van der Waals surface area (Å²) in [5, 5.41) is 2.95. The van der Waals surface area contributed by atoms with Gasteiger partial charge < -0.3 is 14.6 Å². The summed E-state index contributed by atoms with van der Waals surface area (Å²) in [4.78, 5) is 25.1. The third kappa shape index (κ3) is 3.66. The van der Waals surface area contributed by atoms with E-state index in [1.54, 1.807) is 17.7 Å². The number of fused-ring (bicyclic) bond motifs is 1. The van der Waals surface area contributed by atoms with E-state index in [-0.39, 0.29) is 17.0 Å². The van der Waals surface area contributed by atoms with Crippen LogP contribution in [0.5, 0.6) is 5.75 Å². The van der Waals surface area contributed by atoms with Gasteiger partial charge in [-0.05, 0) is 55.4 Å². The summed E-state index contributed by atoms with van der Waals surface area (Å²) in [7, 11) is 1.73. The SMILES string of the molecule is CCc1c(C)cc(C(=O)NC[C@H]2CCOc3ccccc3C2)c(=O)n1C. The minimum atomic E-state index is -0.296. The van der Waals surface area contributed by atoms with Crippen molar-refractivity contribution < 1.29 is 9.53 Å². The highest BCUT2D eigenvalue weighted by atomic mass is 16.5. The lowest BCUT2D eigenvalue weighted by Crippen LogP contribution is -2.36. The number of pyridine rings is 1. The lowest BCUT2D eigenvalue weighted by atomic mass is 9.97. The molecule has 1 aromatic heterocycles. The monoisotopic (exact) mass is 354 g/mol. The van der Waals surface area contributed by atoms with Crippen molar-refractivity contribution in [3.63, 3.8) is 0 Å². The van der Waals surface area contributed by atoms with E-state index in [0.29, 0.717) is 19.1 Å². The van der Waals surface area contributed by atoms with E-state index in [1.165, 1.54) is 5.56 Å². The van der Waals surface area contributed by atoms with E-state index in [1.807, 2.05) is 32.0 Å². The standard InChI is InChI=1S/C21H26N2O3/c1-4-18-14(2)11-17(21(25)23(18)3)20(24)22-13-15-9-10-26-19-8-6-5-7-16(19)12-15/h5-8,11,15H,4,9-10,12-13H2,1-3H3,(H,22,24)/t15-/m0/s1. The molecule has 138 valence electrons. The summed E-state index contributed by atoms with van der Waals surface area (Å²) < 4.78 is 7.36. The van der Waals surface area contributed by atoms with Gasteiger partial charge in [-0.3, -0.25) is 9.59 Å². The molecule has 3 rings (SSSR count). The van der Waals surface area contributed by atoms with Crippen molar-refractivity contribution in [3.05, 3.63) is 63.1 Å². The second-order valence-corrected chi connectivity index (χ2v) is 6.93. The number of rotatable bonds is 4. The van der Waals surface area contributed by atoms with Crippen LogP contribution in [0.4, 0.5) is 0 Å². The highest BCUT2D eigenvalue weighted by molar-refractivity contribution is 5.94. The molecule has 5 nitrogen and oxygen atoms in total. The smallest absolute Gasteiger partial charge is 0.263 e. The van der Waals surface area contributed by atoms with Crippen LogP contribution in [-0.4, -0.2) is 23.6 Å². The second-order valence-electron chi connectivity index (χ2n) is 6.93. The van der Waals surface area contributed by atoms with Gasteiger partial charge >= 0.3 is 0 Å². The number of ether oxygens (including phenoxy) is 1. The Bertz CT molecular complexity index is 870. The molecule has 0 radical (unpaired) electrons. The Morgan fingerprint density at radius 3 is 2.88 bits per heavy atom. The third-order valence-electron chi connectivity index (χ3n) is 5.15. The number of amides is 1. The minimum Gasteiger partial charge on any atom is -0.493 e. The number of aromatic nitrogens is 1. The fraction of sp³-hybridized carbons (Fsp3) is 0.429. The molecule has 0 aliphatic carbocycles. The van der Waals surface area contributed by atoms with E-state index in [4.69, 9.17) is 4.74 Å². The van der Waals surface area contributed by atoms with Gasteiger partial charge in [-0.2, -0.15) is 0 Å². The number of aryl methyl sites for hydroxylation is 1. The second kappa shape index (κ2) is 7.77. The maximum Gasteiger partial charge on any atom is 0.263 e. The molecule has 0 saturated carbocycles. The average Bonchev–Trinajstić information content (AvgIpc) is 2.85. The van der Waals surface area contributed by atoms with Crippen molar-refractivity contribution in [2.45, 2.75) is 33.1 Å². The predicted molar refractivity (Wildman–Crippen MR) is 102 cm³/mol. The molecule has 1 amide bonds. The van der Waals surface area contributed by atoms with Gasteiger partial charge in [-0.1, -0.05) is 25.1 Å². The number of carbonyl (C=O) groups excluding carboxylic acids is 1. The zero-order chi connectivity index (χ0) is 18.7. The highest BCUT2D eigenvalue weighted by Crippen LogP contribution is 2.26. The number of benzene rings is 1. The Labute approximate surface area is 154 Å². The highest BCUT2D eigenvalue weighted by Gasteiger charge is 2.20. The molecule has 5 heteroatoms. The van der Waals surface area contributed by atoms with Crippen LogP contribution in [0.3, 0.4) is 0 Å². The molecule has 1 aromatic carbocycles. The Balaban J connectivity index is 1.71. The van der Waals surface area contributed by atoms with Gasteiger partial charge in [0, 0.05) is 19.3 Å². The summed E-state index contributed by atoms with van der Waals surface area (Å²) in [6.07, 6.45) is 2.50. The van der Waals surface area contributed by atoms with Crippen molar-refractivity contribution in [3.8, 4) is 5.75 Å². The zero-order valence-electron chi connectivity index (χ0n) is 15.7. The summed E-state index contributed by atoms with van der Waals surface area (Å²) in [6, 6.07) is 9.74. The molecule has 1 aliphatic heterocycles. The van der Waals surface area contributed by atoms with E-state index >= 15 is 0 Å². The zero-order valence-corrected chi connectivity index (χ0v) is 15.7. The molecule has 1 aliphatic rings. The molecule has 0 bridgehead atoms. The average molecular weight is 354 g/mol. The lowest BCUT2D eigenvalue weighted by Gasteiger charge is -2.16. The Hall–Kier alpha value is -2.56. The first-order chi connectivity index (χ1) is 12.5. The van der Waals surface area contributed by atoms with Crippen molar-refractivity contribution in [1.82, 2.24) is 9.88 Å². The summed E-state index contributed by atoms with van der Waals surface area (Å²) >= 11 is 0. The molecule has 0 saturated heterocycles. The maximum atomic E-state index is 12.6. The van der Waals surface area contributed by atoms with E-state index in [9.17, 15) is 9.59 Å². The van der Waals surface area contributed by atoms with Gasteiger partial charge in [0.1, 0.15) is 11.3 Å². The molecule has 26 heavy (non-hydrogen) atoms. The number of hydrogen-bond acceptors (Lipinski definition) is 3. The van der Waals surface area contributed by atoms with Crippen molar-refractivity contribution >= 4 is 5.91 Å². The molecule has 2 heterocycles. The summed E-state index contributed by atoms with van der Waals surface area (Å²) in [6.45, 7) is 5.12. The lowest BCUT2D eigenvalue weighted by molar-refractivity contribution is 0.0943. The van der Waals surface area contributed by atoms with Gasteiger partial charge in [0.05, 0.1) is 6.61 Å². The van der Waals surface area contributed by atoms with E-state index in [2.05, 4.69) is 11.4 Å². The molecule has 0 spiro atoms. The molecular weight excluding hydrogens is 328 g/mol. The first-order valence-electron chi connectivity index (χ1n) is 9.19. The topological polar surface area (TPSA) is 60.3 Å². The Kier molecular flexibility index (Phi) is 5.45. The van der Waals surface area contributed by atoms with Crippen LogP contribution in [0.25, 0.3) is 0 Å². The number of hydrogen-bond donors (Lipinski definition) is 1. The van der Waals surface area contributed by atoms with Crippen LogP contribution < -0.4 is 15.6 Å². The van der Waals surface area contributed by atoms with Crippen molar-refractivity contribution in [1.29, 1.82) is 0 Å². The van der Waals surface area contributed by atoms with Gasteiger partial charge in [-0.25, -0.2) is 0 Å². The number of carbonyl (C=O) groups is 1. The maximum absolute atomic E-state index is 12.6. The van der Waals surface area contributed by atoms with Gasteiger partial charge in [0.2, 0.25) is 0 Å². The Morgan fingerprint density at radius 2 is 2.12 bits per heavy atom. The largest absolute Gasteiger partial charge is 0.493 e. The summed E-state index contributed by atoms with van der Waals surface area (Å²) in [5.74, 6) is 0.929. The minimum absolute atomic E-state index is 0.215. The van der Waals surface area contributed by atoms with Crippen LogP contribution in [-0.2, 0) is 19.9 Å². The first kappa shape index (κ1) is 18.2. The third-order valence-corrected chi connectivity index (χ3v) is 5.15. The van der Waals surface area contributed by atoms with Gasteiger partial charge in [-0.15, -0.1) is 0 Å². The Morgan fingerprint density at radius 1 is 1.35 bits per heavy atom. The fourth-order valence-electron chi connectivity index (χ4n) is 3.68. The van der Waals surface area contributed by atoms with Gasteiger partial charge in [0.25, 0.3) is 11.5 Å². The first-order valence-corrected chi connectivity index (χ1v) is 9.19. The van der Waals surface area contributed by atoms with Crippen LogP contribution in [0.2, 0.25) is 0 Å². The van der Waals surface area contributed by atoms with Crippen molar-refractivity contribution in [2.24, 2.45) is 13.0 Å². The van der Waals surface area contributed by atoms with Crippen LogP contribution in [0, 0.1) is 12.8 Å². The predicted octanol–water partition coefficient (Wildman–Crippen LogP) is 2.63. The number of nitrogens with one attached hydrogen (secondary N) is 1. The van der Waals surface area contributed by atoms with E-state index < -0.39 is 0 Å². The van der Waals surface area contributed by atoms with Crippen molar-refractivity contribution in [2.75, 3.05) is 13.2 Å². The molecule has 1 N–H and O–H groups in total. The van der Waals surface area contributed by atoms with E-state index in [0.717, 1.165) is 36.3 Å². The molecule has 1 atom stereocenters. The van der Waals surface area contributed by atoms with Crippen LogP contribution >= 0.6 is 0 Å². The number of nitrogens with zero attached hydrogens (tertiary/aromatic N) is 1. The van der Waals surface area contributed by atoms with Crippen LogP contribution in [0.15, 0.2) is 35.1 Å². The number of para-hydroxylation sites is 1. The fourth-order valence-corrected chi connectivity index (χ4v) is 3.68. The normalized spacial score (nSPS) is 16.3. The van der Waals surface area contributed by atoms with Gasteiger partial charge in [0.15, 0.2) is 0 Å². The van der Waals surface area contributed by atoms with Crippen LogP contribution in [0.1, 0.15) is 40.5 Å².